The SMILES string of the molecule is NNC(c1ccc2cccnc2c1)c1cc(Cl)sc1Cl. The van der Waals surface area contributed by atoms with E-state index >= 15 is 0 Å². The molecule has 0 aliphatic heterocycles. The van der Waals surface area contributed by atoms with Crippen molar-refractivity contribution >= 4 is 45.4 Å². The second-order valence-corrected chi connectivity index (χ2v) is 6.62. The van der Waals surface area contributed by atoms with Crippen molar-refractivity contribution in [3.05, 3.63) is 62.4 Å². The number of nitrogens with two attached hydrogens (primary N) is 1. The molecule has 3 N–H and O–H groups in total. The first-order chi connectivity index (χ1) is 9.69. The van der Waals surface area contributed by atoms with Crippen LogP contribution in [0.4, 0.5) is 0 Å². The molecule has 3 aromatic rings. The minimum atomic E-state index is -0.211. The van der Waals surface area contributed by atoms with Crippen LogP contribution in [0.5, 0.6) is 0 Å². The van der Waals surface area contributed by atoms with Gasteiger partial charge >= 0.3 is 0 Å². The third-order valence-corrected chi connectivity index (χ3v) is 4.64. The highest BCUT2D eigenvalue weighted by atomic mass is 35.5. The number of aromatic nitrogens is 1. The summed E-state index contributed by atoms with van der Waals surface area (Å²) in [6.07, 6.45) is 1.77. The van der Waals surface area contributed by atoms with Gasteiger partial charge in [-0.15, -0.1) is 11.3 Å². The third kappa shape index (κ3) is 2.53. The molecule has 0 amide bonds. The fourth-order valence-corrected chi connectivity index (χ4v) is 3.71. The number of fused-ring (bicyclic) bond motifs is 1. The van der Waals surface area contributed by atoms with Crippen molar-refractivity contribution in [2.75, 3.05) is 0 Å². The van der Waals surface area contributed by atoms with E-state index in [2.05, 4.69) is 10.4 Å². The number of benzene rings is 1. The van der Waals surface area contributed by atoms with Crippen molar-refractivity contribution in [2.45, 2.75) is 6.04 Å². The second kappa shape index (κ2) is 5.68. The van der Waals surface area contributed by atoms with Gasteiger partial charge in [0.1, 0.15) is 0 Å². The Balaban J connectivity index is 2.09. The quantitative estimate of drug-likeness (QED) is 0.562. The zero-order valence-corrected chi connectivity index (χ0v) is 12.6. The van der Waals surface area contributed by atoms with Crippen LogP contribution in [-0.2, 0) is 0 Å². The van der Waals surface area contributed by atoms with Gasteiger partial charge in [0.2, 0.25) is 0 Å². The van der Waals surface area contributed by atoms with Crippen LogP contribution in [0.1, 0.15) is 17.2 Å². The van der Waals surface area contributed by atoms with E-state index in [1.54, 1.807) is 6.20 Å². The molecule has 0 bridgehead atoms. The summed E-state index contributed by atoms with van der Waals surface area (Å²) < 4.78 is 1.28. The van der Waals surface area contributed by atoms with Gasteiger partial charge < -0.3 is 0 Å². The molecule has 3 rings (SSSR count). The molecule has 0 saturated heterocycles. The van der Waals surface area contributed by atoms with Gasteiger partial charge in [-0.2, -0.15) is 0 Å². The minimum absolute atomic E-state index is 0.211. The summed E-state index contributed by atoms with van der Waals surface area (Å²) in [5.41, 5.74) is 5.58. The molecule has 0 spiro atoms. The Labute approximate surface area is 130 Å². The highest BCUT2D eigenvalue weighted by Gasteiger charge is 2.18. The number of nitrogens with one attached hydrogen (secondary N) is 1. The Kier molecular flexibility index (Phi) is 3.92. The Morgan fingerprint density at radius 3 is 2.75 bits per heavy atom. The lowest BCUT2D eigenvalue weighted by atomic mass is 10.0. The van der Waals surface area contributed by atoms with Gasteiger partial charge in [-0.3, -0.25) is 10.8 Å². The van der Waals surface area contributed by atoms with Gasteiger partial charge in [0.25, 0.3) is 0 Å². The van der Waals surface area contributed by atoms with E-state index < -0.39 is 0 Å². The fourth-order valence-electron chi connectivity index (χ4n) is 2.18. The zero-order chi connectivity index (χ0) is 14.1. The Morgan fingerprint density at radius 2 is 2.05 bits per heavy atom. The average Bonchev–Trinajstić information content (AvgIpc) is 2.78. The summed E-state index contributed by atoms with van der Waals surface area (Å²) in [5.74, 6) is 5.69. The Bertz CT molecular complexity index is 757. The number of pyridine rings is 1. The lowest BCUT2D eigenvalue weighted by Crippen LogP contribution is -2.28. The van der Waals surface area contributed by atoms with Gasteiger partial charge in [-0.25, -0.2) is 5.43 Å². The molecule has 2 aromatic heterocycles. The van der Waals surface area contributed by atoms with Crippen LogP contribution >= 0.6 is 34.5 Å². The second-order valence-electron chi connectivity index (χ2n) is 4.33. The molecular weight excluding hydrogens is 313 g/mol. The molecule has 6 heteroatoms. The molecule has 102 valence electrons. The number of thiophene rings is 1. The van der Waals surface area contributed by atoms with Gasteiger partial charge in [-0.05, 0) is 23.8 Å². The molecule has 2 heterocycles. The number of hydrogen-bond acceptors (Lipinski definition) is 4. The maximum absolute atomic E-state index is 6.21. The lowest BCUT2D eigenvalue weighted by molar-refractivity contribution is 0.639. The van der Waals surface area contributed by atoms with Crippen LogP contribution < -0.4 is 11.3 Å². The largest absolute Gasteiger partial charge is 0.271 e. The summed E-state index contributed by atoms with van der Waals surface area (Å²) in [7, 11) is 0. The summed E-state index contributed by atoms with van der Waals surface area (Å²) in [6, 6.07) is 11.6. The van der Waals surface area contributed by atoms with Crippen LogP contribution in [0.3, 0.4) is 0 Å². The summed E-state index contributed by atoms with van der Waals surface area (Å²) in [4.78, 5) is 4.35. The predicted octanol–water partition coefficient (Wildman–Crippen LogP) is 4.16. The third-order valence-electron chi connectivity index (χ3n) is 3.12. The van der Waals surface area contributed by atoms with E-state index in [4.69, 9.17) is 29.0 Å². The molecule has 0 radical (unpaired) electrons. The molecule has 20 heavy (non-hydrogen) atoms. The Hall–Kier alpha value is -1.17. The number of halogens is 2. The monoisotopic (exact) mass is 323 g/mol. The lowest BCUT2D eigenvalue weighted by Gasteiger charge is -2.16. The number of nitrogens with zero attached hydrogens (tertiary/aromatic N) is 1. The smallest absolute Gasteiger partial charge is 0.0995 e. The highest BCUT2D eigenvalue weighted by molar-refractivity contribution is 7.20. The van der Waals surface area contributed by atoms with Gasteiger partial charge in [0, 0.05) is 17.1 Å². The minimum Gasteiger partial charge on any atom is -0.271 e. The molecule has 1 atom stereocenters. The van der Waals surface area contributed by atoms with E-state index in [1.165, 1.54) is 11.3 Å². The van der Waals surface area contributed by atoms with Crippen LogP contribution in [0.2, 0.25) is 8.67 Å². The van der Waals surface area contributed by atoms with Crippen LogP contribution in [0.15, 0.2) is 42.6 Å². The number of rotatable bonds is 3. The van der Waals surface area contributed by atoms with Gasteiger partial charge in [0.15, 0.2) is 0 Å². The average molecular weight is 324 g/mol. The molecule has 3 nitrogen and oxygen atoms in total. The molecular formula is C14H11Cl2N3S. The van der Waals surface area contributed by atoms with Crippen molar-refractivity contribution in [3.8, 4) is 0 Å². The topological polar surface area (TPSA) is 50.9 Å². The molecule has 0 saturated carbocycles. The van der Waals surface area contributed by atoms with Crippen molar-refractivity contribution in [3.63, 3.8) is 0 Å². The summed E-state index contributed by atoms with van der Waals surface area (Å²) in [6.45, 7) is 0. The molecule has 0 aliphatic rings. The normalized spacial score (nSPS) is 12.8. The number of hydrogen-bond donors (Lipinski definition) is 2. The van der Waals surface area contributed by atoms with E-state index in [0.717, 1.165) is 22.0 Å². The van der Waals surface area contributed by atoms with E-state index in [0.29, 0.717) is 8.67 Å². The molecule has 1 aromatic carbocycles. The maximum Gasteiger partial charge on any atom is 0.0995 e. The Morgan fingerprint density at radius 1 is 1.20 bits per heavy atom. The van der Waals surface area contributed by atoms with E-state index in [9.17, 15) is 0 Å². The first-order valence-electron chi connectivity index (χ1n) is 5.94. The standard InChI is InChI=1S/C14H11Cl2N3S/c15-12-7-10(14(16)20-12)13(19-17)9-4-3-8-2-1-5-18-11(8)6-9/h1-7,13,19H,17H2. The van der Waals surface area contributed by atoms with Crippen LogP contribution in [-0.4, -0.2) is 4.98 Å². The van der Waals surface area contributed by atoms with Crippen molar-refractivity contribution in [1.29, 1.82) is 0 Å². The van der Waals surface area contributed by atoms with Crippen molar-refractivity contribution < 1.29 is 0 Å². The predicted molar refractivity (Wildman–Crippen MR) is 85.2 cm³/mol. The summed E-state index contributed by atoms with van der Waals surface area (Å²) >= 11 is 13.5. The highest BCUT2D eigenvalue weighted by Crippen LogP contribution is 2.37. The fraction of sp³-hybridized carbons (Fsp3) is 0.0714. The molecule has 0 fully saturated rings. The molecule has 1 unspecified atom stereocenters. The van der Waals surface area contributed by atoms with Crippen molar-refractivity contribution in [2.24, 2.45) is 5.84 Å². The number of hydrazine groups is 1. The van der Waals surface area contributed by atoms with E-state index in [-0.39, 0.29) is 6.04 Å². The van der Waals surface area contributed by atoms with Crippen molar-refractivity contribution in [1.82, 2.24) is 10.4 Å². The first kappa shape index (κ1) is 13.8. The summed E-state index contributed by atoms with van der Waals surface area (Å²) in [5, 5.41) is 1.08. The van der Waals surface area contributed by atoms with E-state index in [1.807, 2.05) is 36.4 Å². The van der Waals surface area contributed by atoms with Crippen LogP contribution in [0, 0.1) is 0 Å². The molecule has 0 aliphatic carbocycles. The first-order valence-corrected chi connectivity index (χ1v) is 7.52. The zero-order valence-electron chi connectivity index (χ0n) is 10.3. The maximum atomic E-state index is 6.21. The van der Waals surface area contributed by atoms with Gasteiger partial charge in [0.05, 0.1) is 20.2 Å². The van der Waals surface area contributed by atoms with Crippen LogP contribution in [0.25, 0.3) is 10.9 Å². The van der Waals surface area contributed by atoms with Gasteiger partial charge in [-0.1, -0.05) is 41.4 Å².